The number of hydrogen-bond donors (Lipinski definition) is 1. The molecule has 4 rings (SSSR count). The van der Waals surface area contributed by atoms with Crippen LogP contribution in [0, 0.1) is 6.92 Å². The summed E-state index contributed by atoms with van der Waals surface area (Å²) in [5.41, 5.74) is 1.12. The molecule has 0 bridgehead atoms. The summed E-state index contributed by atoms with van der Waals surface area (Å²) in [6.07, 6.45) is 0. The molecule has 1 aliphatic heterocycles. The molecule has 1 aliphatic rings. The maximum atomic E-state index is 12.3. The van der Waals surface area contributed by atoms with Gasteiger partial charge in [-0.25, -0.2) is 4.79 Å². The summed E-state index contributed by atoms with van der Waals surface area (Å²) in [5.74, 6) is 1.39. The van der Waals surface area contributed by atoms with Crippen LogP contribution in [0.4, 0.5) is 4.79 Å². The highest BCUT2D eigenvalue weighted by atomic mass is 16.5. The van der Waals surface area contributed by atoms with Crippen molar-refractivity contribution in [1.82, 2.24) is 20.4 Å². The SMILES string of the molecule is Cc1noc(C2CN(C(=O)NCc3cccc4ccccc34)C2)n1. The van der Waals surface area contributed by atoms with E-state index in [1.807, 2.05) is 24.3 Å². The maximum absolute atomic E-state index is 12.3. The van der Waals surface area contributed by atoms with Crippen molar-refractivity contribution in [3.05, 3.63) is 59.7 Å². The second-order valence-corrected chi connectivity index (χ2v) is 6.08. The first-order chi connectivity index (χ1) is 11.7. The third kappa shape index (κ3) is 2.71. The Hall–Kier alpha value is -2.89. The average Bonchev–Trinajstić information content (AvgIpc) is 2.97. The molecule has 2 aromatic carbocycles. The van der Waals surface area contributed by atoms with Crippen LogP contribution in [0.1, 0.15) is 23.2 Å². The number of urea groups is 1. The van der Waals surface area contributed by atoms with Gasteiger partial charge in [0.15, 0.2) is 5.82 Å². The lowest BCUT2D eigenvalue weighted by Gasteiger charge is -2.36. The molecule has 2 heterocycles. The molecule has 0 atom stereocenters. The van der Waals surface area contributed by atoms with E-state index in [4.69, 9.17) is 4.52 Å². The van der Waals surface area contributed by atoms with Crippen molar-refractivity contribution in [2.24, 2.45) is 0 Å². The van der Waals surface area contributed by atoms with Crippen molar-refractivity contribution in [1.29, 1.82) is 0 Å². The fourth-order valence-corrected chi connectivity index (χ4v) is 3.01. The lowest BCUT2D eigenvalue weighted by atomic mass is 10.0. The number of carbonyl (C=O) groups is 1. The van der Waals surface area contributed by atoms with Crippen LogP contribution in [0.25, 0.3) is 10.8 Å². The molecule has 1 N–H and O–H groups in total. The smallest absolute Gasteiger partial charge is 0.317 e. The quantitative estimate of drug-likeness (QED) is 0.805. The number of nitrogens with one attached hydrogen (secondary N) is 1. The minimum Gasteiger partial charge on any atom is -0.339 e. The summed E-state index contributed by atoms with van der Waals surface area (Å²) in [5, 5.41) is 9.13. The number of benzene rings is 2. The van der Waals surface area contributed by atoms with E-state index >= 15 is 0 Å². The highest BCUT2D eigenvalue weighted by Gasteiger charge is 2.35. The van der Waals surface area contributed by atoms with E-state index in [9.17, 15) is 4.79 Å². The second-order valence-electron chi connectivity index (χ2n) is 6.08. The fraction of sp³-hybridized carbons (Fsp3) is 0.278. The Bertz CT molecular complexity index is 878. The standard InChI is InChI=1S/C18H18N4O2/c1-12-20-17(24-21-12)15-10-22(11-15)18(23)19-9-14-7-4-6-13-5-2-3-8-16(13)14/h2-8,15H,9-11H2,1H3,(H,19,23). The Labute approximate surface area is 139 Å². The van der Waals surface area contributed by atoms with E-state index in [1.54, 1.807) is 11.8 Å². The van der Waals surface area contributed by atoms with Gasteiger partial charge in [-0.2, -0.15) is 4.98 Å². The van der Waals surface area contributed by atoms with Crippen LogP contribution < -0.4 is 5.32 Å². The Morgan fingerprint density at radius 2 is 2.04 bits per heavy atom. The van der Waals surface area contributed by atoms with Crippen LogP contribution in [0.3, 0.4) is 0 Å². The zero-order valence-corrected chi connectivity index (χ0v) is 13.4. The van der Waals surface area contributed by atoms with E-state index in [0.29, 0.717) is 31.3 Å². The van der Waals surface area contributed by atoms with Gasteiger partial charge in [0.1, 0.15) is 0 Å². The maximum Gasteiger partial charge on any atom is 0.317 e. The third-order valence-electron chi connectivity index (χ3n) is 4.37. The highest BCUT2D eigenvalue weighted by molar-refractivity contribution is 5.86. The number of nitrogens with zero attached hydrogens (tertiary/aromatic N) is 3. The van der Waals surface area contributed by atoms with Crippen LogP contribution in [-0.4, -0.2) is 34.2 Å². The van der Waals surface area contributed by atoms with Gasteiger partial charge in [0.25, 0.3) is 0 Å². The second kappa shape index (κ2) is 5.96. The summed E-state index contributed by atoms with van der Waals surface area (Å²) in [7, 11) is 0. The van der Waals surface area contributed by atoms with Gasteiger partial charge in [0.05, 0.1) is 5.92 Å². The van der Waals surface area contributed by atoms with Crippen molar-refractivity contribution < 1.29 is 9.32 Å². The van der Waals surface area contributed by atoms with Gasteiger partial charge in [-0.1, -0.05) is 47.6 Å². The predicted molar refractivity (Wildman–Crippen MR) is 89.5 cm³/mol. The molecule has 0 unspecified atom stereocenters. The topological polar surface area (TPSA) is 71.3 Å². The Kier molecular flexibility index (Phi) is 3.65. The molecular weight excluding hydrogens is 304 g/mol. The molecule has 1 fully saturated rings. The summed E-state index contributed by atoms with van der Waals surface area (Å²) in [6, 6.07) is 14.3. The number of amides is 2. The Balaban J connectivity index is 1.36. The summed E-state index contributed by atoms with van der Waals surface area (Å²) in [6.45, 7) is 3.54. The average molecular weight is 322 g/mol. The molecule has 2 amide bonds. The molecule has 1 aromatic heterocycles. The molecule has 0 spiro atoms. The zero-order valence-electron chi connectivity index (χ0n) is 13.4. The minimum atomic E-state index is -0.0598. The third-order valence-corrected chi connectivity index (χ3v) is 4.37. The van der Waals surface area contributed by atoms with Gasteiger partial charge in [-0.3, -0.25) is 0 Å². The first-order valence-electron chi connectivity index (χ1n) is 8.00. The first kappa shape index (κ1) is 14.7. The number of carbonyl (C=O) groups excluding carboxylic acids is 1. The summed E-state index contributed by atoms with van der Waals surface area (Å²) >= 11 is 0. The van der Waals surface area contributed by atoms with E-state index in [-0.39, 0.29) is 11.9 Å². The van der Waals surface area contributed by atoms with Crippen molar-refractivity contribution in [2.75, 3.05) is 13.1 Å². The zero-order chi connectivity index (χ0) is 16.5. The lowest BCUT2D eigenvalue weighted by Crippen LogP contribution is -2.52. The Morgan fingerprint density at radius 1 is 1.25 bits per heavy atom. The van der Waals surface area contributed by atoms with Gasteiger partial charge in [-0.15, -0.1) is 0 Å². The largest absolute Gasteiger partial charge is 0.339 e. The molecule has 6 nitrogen and oxygen atoms in total. The molecule has 24 heavy (non-hydrogen) atoms. The van der Waals surface area contributed by atoms with Crippen LogP contribution in [0.15, 0.2) is 47.0 Å². The normalized spacial score (nSPS) is 14.6. The summed E-state index contributed by atoms with van der Waals surface area (Å²) in [4.78, 5) is 18.2. The minimum absolute atomic E-state index is 0.0598. The fourth-order valence-electron chi connectivity index (χ4n) is 3.01. The van der Waals surface area contributed by atoms with Gasteiger partial charge >= 0.3 is 6.03 Å². The molecular formula is C18H18N4O2. The predicted octanol–water partition coefficient (Wildman–Crippen LogP) is 2.84. The van der Waals surface area contributed by atoms with Crippen LogP contribution >= 0.6 is 0 Å². The first-order valence-corrected chi connectivity index (χ1v) is 8.00. The molecule has 6 heteroatoms. The molecule has 0 saturated carbocycles. The molecule has 0 radical (unpaired) electrons. The molecule has 122 valence electrons. The number of hydrogen-bond acceptors (Lipinski definition) is 4. The molecule has 1 saturated heterocycles. The molecule has 3 aromatic rings. The van der Waals surface area contributed by atoms with Crippen LogP contribution in [0.5, 0.6) is 0 Å². The van der Waals surface area contributed by atoms with E-state index in [1.165, 1.54) is 10.8 Å². The van der Waals surface area contributed by atoms with Crippen molar-refractivity contribution in [3.63, 3.8) is 0 Å². The van der Waals surface area contributed by atoms with Gasteiger partial charge in [-0.05, 0) is 23.3 Å². The monoisotopic (exact) mass is 322 g/mol. The van der Waals surface area contributed by atoms with E-state index in [0.717, 1.165) is 5.56 Å². The Morgan fingerprint density at radius 3 is 2.83 bits per heavy atom. The lowest BCUT2D eigenvalue weighted by molar-refractivity contribution is 0.136. The number of fused-ring (bicyclic) bond motifs is 1. The van der Waals surface area contributed by atoms with E-state index < -0.39 is 0 Å². The van der Waals surface area contributed by atoms with Gasteiger partial charge < -0.3 is 14.7 Å². The number of rotatable bonds is 3. The highest BCUT2D eigenvalue weighted by Crippen LogP contribution is 2.25. The van der Waals surface area contributed by atoms with Crippen molar-refractivity contribution in [3.8, 4) is 0 Å². The van der Waals surface area contributed by atoms with Gasteiger partial charge in [0, 0.05) is 19.6 Å². The number of aromatic nitrogens is 2. The van der Waals surface area contributed by atoms with Crippen molar-refractivity contribution >= 4 is 16.8 Å². The number of aryl methyl sites for hydroxylation is 1. The van der Waals surface area contributed by atoms with Gasteiger partial charge in [0.2, 0.25) is 5.89 Å². The number of likely N-dealkylation sites (tertiary alicyclic amines) is 1. The van der Waals surface area contributed by atoms with E-state index in [2.05, 4.69) is 33.7 Å². The van der Waals surface area contributed by atoms with Crippen LogP contribution in [-0.2, 0) is 6.54 Å². The van der Waals surface area contributed by atoms with Crippen molar-refractivity contribution in [2.45, 2.75) is 19.4 Å². The molecule has 0 aliphatic carbocycles. The van der Waals surface area contributed by atoms with Crippen LogP contribution in [0.2, 0.25) is 0 Å². The summed E-state index contributed by atoms with van der Waals surface area (Å²) < 4.78 is 5.15.